The maximum absolute atomic E-state index is 12.7. The van der Waals surface area contributed by atoms with E-state index in [2.05, 4.69) is 10.3 Å². The number of aromatic nitrogens is 1. The van der Waals surface area contributed by atoms with Crippen molar-refractivity contribution in [3.8, 4) is 17.2 Å². The van der Waals surface area contributed by atoms with Crippen molar-refractivity contribution in [3.63, 3.8) is 0 Å². The van der Waals surface area contributed by atoms with Gasteiger partial charge < -0.3 is 19.1 Å². The van der Waals surface area contributed by atoms with E-state index in [0.717, 1.165) is 12.2 Å². The van der Waals surface area contributed by atoms with Crippen molar-refractivity contribution in [1.82, 2.24) is 9.88 Å². The minimum absolute atomic E-state index is 0.272. The number of carbonyl (C=O) groups excluding carboxylic acids is 1. The smallest absolute Gasteiger partial charge is 0.257 e. The maximum Gasteiger partial charge on any atom is 0.257 e. The van der Waals surface area contributed by atoms with E-state index < -0.39 is 0 Å². The van der Waals surface area contributed by atoms with Gasteiger partial charge in [-0.15, -0.1) is 11.3 Å². The summed E-state index contributed by atoms with van der Waals surface area (Å²) in [5.41, 5.74) is 1.34. The van der Waals surface area contributed by atoms with Gasteiger partial charge in [0, 0.05) is 17.5 Å². The van der Waals surface area contributed by atoms with E-state index in [9.17, 15) is 4.79 Å². The number of nitrogens with one attached hydrogen (secondary N) is 1. The van der Waals surface area contributed by atoms with Gasteiger partial charge in [-0.25, -0.2) is 4.98 Å². The topological polar surface area (TPSA) is 72.9 Å². The van der Waals surface area contributed by atoms with Crippen molar-refractivity contribution in [3.05, 3.63) is 28.8 Å². The Labute approximate surface area is 164 Å². The molecule has 0 bridgehead atoms. The van der Waals surface area contributed by atoms with Crippen molar-refractivity contribution >= 4 is 22.4 Å². The highest BCUT2D eigenvalue weighted by Crippen LogP contribution is 2.39. The summed E-state index contributed by atoms with van der Waals surface area (Å²) in [7, 11) is 3.95. The Kier molecular flexibility index (Phi) is 7.87. The van der Waals surface area contributed by atoms with Gasteiger partial charge in [0.25, 0.3) is 5.91 Å². The quantitative estimate of drug-likeness (QED) is 0.664. The summed E-state index contributed by atoms with van der Waals surface area (Å²) in [6.45, 7) is 7.75. The number of hydrogen-bond donors (Lipinski definition) is 1. The molecule has 1 aromatic carbocycles. The largest absolute Gasteiger partial charge is 0.490 e. The van der Waals surface area contributed by atoms with Gasteiger partial charge in [-0.05, 0) is 47.0 Å². The van der Waals surface area contributed by atoms with E-state index in [1.54, 1.807) is 12.1 Å². The van der Waals surface area contributed by atoms with Crippen molar-refractivity contribution in [2.75, 3.05) is 39.2 Å². The zero-order valence-electron chi connectivity index (χ0n) is 16.5. The zero-order chi connectivity index (χ0) is 19.8. The highest BCUT2D eigenvalue weighted by molar-refractivity contribution is 7.13. The van der Waals surface area contributed by atoms with Crippen LogP contribution >= 0.6 is 11.3 Å². The van der Waals surface area contributed by atoms with Crippen LogP contribution in [0.2, 0.25) is 0 Å². The van der Waals surface area contributed by atoms with Crippen LogP contribution < -0.4 is 19.5 Å². The van der Waals surface area contributed by atoms with Gasteiger partial charge in [0.15, 0.2) is 16.6 Å². The minimum Gasteiger partial charge on any atom is -0.490 e. The first-order chi connectivity index (χ1) is 13.0. The highest BCUT2D eigenvalue weighted by Gasteiger charge is 2.19. The normalized spacial score (nSPS) is 10.7. The van der Waals surface area contributed by atoms with Crippen molar-refractivity contribution in [2.24, 2.45) is 0 Å². The summed E-state index contributed by atoms with van der Waals surface area (Å²) in [5, 5.41) is 5.33. The molecular formula is C19H27N3O4S. The van der Waals surface area contributed by atoms with Gasteiger partial charge in [0.2, 0.25) is 5.75 Å². The molecule has 148 valence electrons. The Morgan fingerprint density at radius 2 is 1.67 bits per heavy atom. The number of ether oxygens (including phenoxy) is 3. The van der Waals surface area contributed by atoms with E-state index in [-0.39, 0.29) is 5.91 Å². The lowest BCUT2D eigenvalue weighted by molar-refractivity contribution is 0.102. The second-order valence-corrected chi connectivity index (χ2v) is 6.79. The van der Waals surface area contributed by atoms with Crippen LogP contribution in [-0.2, 0) is 6.54 Å². The molecule has 0 aliphatic rings. The lowest BCUT2D eigenvalue weighted by atomic mass is 10.1. The number of amides is 1. The molecule has 1 amide bonds. The number of thiazole rings is 1. The van der Waals surface area contributed by atoms with E-state index >= 15 is 0 Å². The summed E-state index contributed by atoms with van der Waals surface area (Å²) in [5.74, 6) is 1.22. The molecule has 7 nitrogen and oxygen atoms in total. The minimum atomic E-state index is -0.272. The fourth-order valence-corrected chi connectivity index (χ4v) is 3.15. The van der Waals surface area contributed by atoms with Crippen LogP contribution in [0.5, 0.6) is 17.2 Å². The molecule has 1 N–H and O–H groups in total. The zero-order valence-corrected chi connectivity index (χ0v) is 17.3. The number of nitrogens with zero attached hydrogens (tertiary/aromatic N) is 2. The predicted molar refractivity (Wildman–Crippen MR) is 107 cm³/mol. The number of hydrogen-bond acceptors (Lipinski definition) is 7. The Balaban J connectivity index is 2.27. The maximum atomic E-state index is 12.7. The molecule has 0 spiro atoms. The number of carbonyl (C=O) groups is 1. The summed E-state index contributed by atoms with van der Waals surface area (Å²) in [6.07, 6.45) is 0. The summed E-state index contributed by atoms with van der Waals surface area (Å²) >= 11 is 1.40. The Hall–Kier alpha value is -2.32. The molecule has 1 heterocycles. The Morgan fingerprint density at radius 3 is 2.19 bits per heavy atom. The van der Waals surface area contributed by atoms with Crippen molar-refractivity contribution in [1.29, 1.82) is 0 Å². The summed E-state index contributed by atoms with van der Waals surface area (Å²) < 4.78 is 17.0. The van der Waals surface area contributed by atoms with Gasteiger partial charge in [-0.1, -0.05) is 0 Å². The lowest BCUT2D eigenvalue weighted by Crippen LogP contribution is -2.14. The third-order valence-corrected chi connectivity index (χ3v) is 4.23. The second kappa shape index (κ2) is 10.1. The van der Waals surface area contributed by atoms with E-state index in [1.165, 1.54) is 11.3 Å². The molecular weight excluding hydrogens is 366 g/mol. The van der Waals surface area contributed by atoms with Crippen LogP contribution in [0.4, 0.5) is 5.13 Å². The number of benzene rings is 1. The summed E-state index contributed by atoms with van der Waals surface area (Å²) in [4.78, 5) is 19.2. The van der Waals surface area contributed by atoms with Crippen LogP contribution in [0.15, 0.2) is 17.5 Å². The Bertz CT molecular complexity index is 734. The second-order valence-electron chi connectivity index (χ2n) is 5.94. The van der Waals surface area contributed by atoms with Gasteiger partial charge in [0.05, 0.1) is 25.5 Å². The first-order valence-electron chi connectivity index (χ1n) is 8.95. The van der Waals surface area contributed by atoms with Gasteiger partial charge in [0.1, 0.15) is 0 Å². The summed E-state index contributed by atoms with van der Waals surface area (Å²) in [6, 6.07) is 3.33. The highest BCUT2D eigenvalue weighted by atomic mass is 32.1. The van der Waals surface area contributed by atoms with Gasteiger partial charge in [-0.2, -0.15) is 0 Å². The van der Waals surface area contributed by atoms with Crippen LogP contribution in [-0.4, -0.2) is 49.7 Å². The fourth-order valence-electron chi connectivity index (χ4n) is 2.45. The predicted octanol–water partition coefficient (Wildman–Crippen LogP) is 3.65. The first-order valence-corrected chi connectivity index (χ1v) is 9.83. The van der Waals surface area contributed by atoms with Gasteiger partial charge in [-0.3, -0.25) is 10.1 Å². The molecule has 0 saturated carbocycles. The average molecular weight is 394 g/mol. The molecule has 0 atom stereocenters. The van der Waals surface area contributed by atoms with Crippen LogP contribution in [0.25, 0.3) is 0 Å². The SMILES string of the molecule is CCOc1cc(C(=O)Nc2nc(CN(C)C)cs2)cc(OCC)c1OCC. The number of rotatable bonds is 10. The van der Waals surface area contributed by atoms with Gasteiger partial charge >= 0.3 is 0 Å². The molecule has 2 rings (SSSR count). The Morgan fingerprint density at radius 1 is 1.07 bits per heavy atom. The molecule has 0 radical (unpaired) electrons. The monoisotopic (exact) mass is 393 g/mol. The van der Waals surface area contributed by atoms with Crippen molar-refractivity contribution < 1.29 is 19.0 Å². The lowest BCUT2D eigenvalue weighted by Gasteiger charge is -2.16. The fraction of sp³-hybridized carbons (Fsp3) is 0.474. The first kappa shape index (κ1) is 21.0. The third kappa shape index (κ3) is 5.83. The van der Waals surface area contributed by atoms with Crippen LogP contribution in [0, 0.1) is 0 Å². The van der Waals surface area contributed by atoms with Crippen molar-refractivity contribution in [2.45, 2.75) is 27.3 Å². The molecule has 2 aromatic rings. The molecule has 0 aliphatic heterocycles. The average Bonchev–Trinajstić information content (AvgIpc) is 3.04. The standard InChI is InChI=1S/C19H27N3O4S/c1-6-24-15-9-13(10-16(25-7-2)17(15)26-8-3)18(23)21-19-20-14(12-27-19)11-22(4)5/h9-10,12H,6-8,11H2,1-5H3,(H,20,21,23). The molecule has 0 aliphatic carbocycles. The number of anilines is 1. The molecule has 0 unspecified atom stereocenters. The van der Waals surface area contributed by atoms with Crippen LogP contribution in [0.3, 0.4) is 0 Å². The molecule has 1 aromatic heterocycles. The van der Waals surface area contributed by atoms with E-state index in [0.29, 0.717) is 47.8 Å². The van der Waals surface area contributed by atoms with Crippen LogP contribution in [0.1, 0.15) is 36.8 Å². The molecule has 27 heavy (non-hydrogen) atoms. The van der Waals surface area contributed by atoms with E-state index in [4.69, 9.17) is 14.2 Å². The molecule has 8 heteroatoms. The third-order valence-electron chi connectivity index (χ3n) is 3.42. The molecule has 0 saturated heterocycles. The molecule has 0 fully saturated rings. The van der Waals surface area contributed by atoms with E-state index in [1.807, 2.05) is 45.1 Å².